The molecule has 0 unspecified atom stereocenters. The maximum Gasteiger partial charge on any atom is 0.276 e. The standard InChI is InChI=1S/C18H20ClN3O3S/c1-11-8-12(2)17(15(19)9-11)20-18(26)22-21-16(23)10-25-14-6-4-13(24-3)5-7-14/h4-9H,10H2,1-3H3,(H,21,23)(H2,20,22,26). The number of thiocarbonyl (C=S) groups is 1. The van der Waals surface area contributed by atoms with E-state index in [2.05, 4.69) is 16.2 Å². The van der Waals surface area contributed by atoms with Gasteiger partial charge in [0.2, 0.25) is 0 Å². The zero-order chi connectivity index (χ0) is 19.1. The van der Waals surface area contributed by atoms with Gasteiger partial charge in [-0.3, -0.25) is 15.6 Å². The monoisotopic (exact) mass is 393 g/mol. The number of hydrogen-bond donors (Lipinski definition) is 3. The van der Waals surface area contributed by atoms with E-state index in [0.717, 1.165) is 11.1 Å². The Hall–Kier alpha value is -2.51. The van der Waals surface area contributed by atoms with Crippen LogP contribution >= 0.6 is 23.8 Å². The van der Waals surface area contributed by atoms with Crippen molar-refractivity contribution in [2.75, 3.05) is 19.0 Å². The van der Waals surface area contributed by atoms with Crippen molar-refractivity contribution in [2.24, 2.45) is 0 Å². The van der Waals surface area contributed by atoms with Crippen LogP contribution in [0.25, 0.3) is 0 Å². The van der Waals surface area contributed by atoms with Crippen LogP contribution in [0, 0.1) is 13.8 Å². The van der Waals surface area contributed by atoms with Gasteiger partial charge in [0, 0.05) is 0 Å². The molecule has 0 radical (unpaired) electrons. The molecule has 0 aliphatic heterocycles. The minimum absolute atomic E-state index is 0.160. The molecule has 2 rings (SSSR count). The van der Waals surface area contributed by atoms with Gasteiger partial charge in [-0.1, -0.05) is 17.7 Å². The molecular formula is C18H20ClN3O3S. The Morgan fingerprint density at radius 1 is 1.12 bits per heavy atom. The fraction of sp³-hybridized carbons (Fsp3) is 0.222. The van der Waals surface area contributed by atoms with Crippen molar-refractivity contribution < 1.29 is 14.3 Å². The number of carbonyl (C=O) groups is 1. The van der Waals surface area contributed by atoms with Gasteiger partial charge in [-0.05, 0) is 67.5 Å². The van der Waals surface area contributed by atoms with E-state index in [4.69, 9.17) is 33.3 Å². The molecule has 0 saturated heterocycles. The molecule has 0 aliphatic carbocycles. The first-order chi connectivity index (χ1) is 12.4. The highest BCUT2D eigenvalue weighted by Crippen LogP contribution is 2.27. The number of amides is 1. The van der Waals surface area contributed by atoms with Crippen molar-refractivity contribution in [1.82, 2.24) is 10.9 Å². The van der Waals surface area contributed by atoms with Crippen LogP contribution in [-0.2, 0) is 4.79 Å². The van der Waals surface area contributed by atoms with Gasteiger partial charge >= 0.3 is 0 Å². The van der Waals surface area contributed by atoms with Gasteiger partial charge in [0.25, 0.3) is 5.91 Å². The molecule has 26 heavy (non-hydrogen) atoms. The lowest BCUT2D eigenvalue weighted by Crippen LogP contribution is -2.45. The lowest BCUT2D eigenvalue weighted by molar-refractivity contribution is -0.123. The van der Waals surface area contributed by atoms with Gasteiger partial charge in [0.15, 0.2) is 11.7 Å². The second-order valence-corrected chi connectivity index (χ2v) is 6.35. The van der Waals surface area contributed by atoms with E-state index in [-0.39, 0.29) is 17.6 Å². The summed E-state index contributed by atoms with van der Waals surface area (Å²) < 4.78 is 10.4. The number of carbonyl (C=O) groups excluding carboxylic acids is 1. The van der Waals surface area contributed by atoms with Crippen LogP contribution in [0.2, 0.25) is 5.02 Å². The van der Waals surface area contributed by atoms with Gasteiger partial charge in [0.05, 0.1) is 17.8 Å². The number of halogens is 1. The summed E-state index contributed by atoms with van der Waals surface area (Å²) in [4.78, 5) is 11.8. The molecule has 0 aromatic heterocycles. The van der Waals surface area contributed by atoms with Crippen molar-refractivity contribution >= 4 is 40.5 Å². The summed E-state index contributed by atoms with van der Waals surface area (Å²) in [5.74, 6) is 0.894. The molecule has 0 saturated carbocycles. The number of anilines is 1. The Morgan fingerprint density at radius 3 is 2.38 bits per heavy atom. The molecule has 0 aliphatic rings. The van der Waals surface area contributed by atoms with Crippen molar-refractivity contribution in [3.63, 3.8) is 0 Å². The van der Waals surface area contributed by atoms with Gasteiger partial charge in [0.1, 0.15) is 11.5 Å². The van der Waals surface area contributed by atoms with E-state index in [0.29, 0.717) is 22.2 Å². The summed E-state index contributed by atoms with van der Waals surface area (Å²) in [6.07, 6.45) is 0. The quantitative estimate of drug-likeness (QED) is 0.534. The lowest BCUT2D eigenvalue weighted by Gasteiger charge is -2.15. The number of nitrogens with one attached hydrogen (secondary N) is 3. The number of rotatable bonds is 5. The van der Waals surface area contributed by atoms with E-state index in [1.165, 1.54) is 0 Å². The maximum atomic E-state index is 11.8. The first-order valence-electron chi connectivity index (χ1n) is 7.78. The first-order valence-corrected chi connectivity index (χ1v) is 8.57. The largest absolute Gasteiger partial charge is 0.497 e. The highest BCUT2D eigenvalue weighted by molar-refractivity contribution is 7.80. The molecule has 2 aromatic rings. The molecule has 0 fully saturated rings. The van der Waals surface area contributed by atoms with E-state index in [1.807, 2.05) is 26.0 Å². The third-order valence-electron chi connectivity index (χ3n) is 3.42. The third kappa shape index (κ3) is 5.79. The van der Waals surface area contributed by atoms with Crippen molar-refractivity contribution in [2.45, 2.75) is 13.8 Å². The number of methoxy groups -OCH3 is 1. The minimum Gasteiger partial charge on any atom is -0.497 e. The molecule has 0 spiro atoms. The van der Waals surface area contributed by atoms with E-state index in [9.17, 15) is 4.79 Å². The van der Waals surface area contributed by atoms with Crippen LogP contribution in [0.3, 0.4) is 0 Å². The molecule has 0 bridgehead atoms. The van der Waals surface area contributed by atoms with Crippen LogP contribution in [0.4, 0.5) is 5.69 Å². The number of hydrazine groups is 1. The second kappa shape index (κ2) is 9.26. The van der Waals surface area contributed by atoms with Gasteiger partial charge in [-0.15, -0.1) is 0 Å². The first kappa shape index (κ1) is 19.8. The average molecular weight is 394 g/mol. The predicted octanol–water partition coefficient (Wildman–Crippen LogP) is 3.36. The highest BCUT2D eigenvalue weighted by atomic mass is 35.5. The Bertz CT molecular complexity index is 774. The SMILES string of the molecule is COc1ccc(OCC(=O)NNC(=S)Nc2c(C)cc(C)cc2Cl)cc1. The van der Waals surface area contributed by atoms with E-state index >= 15 is 0 Å². The van der Waals surface area contributed by atoms with Crippen LogP contribution in [0.1, 0.15) is 11.1 Å². The van der Waals surface area contributed by atoms with Gasteiger partial charge in [-0.25, -0.2) is 0 Å². The molecule has 138 valence electrons. The summed E-state index contributed by atoms with van der Waals surface area (Å²) in [6.45, 7) is 3.72. The molecule has 1 amide bonds. The van der Waals surface area contributed by atoms with Crippen LogP contribution < -0.4 is 25.6 Å². The molecular weight excluding hydrogens is 374 g/mol. The summed E-state index contributed by atoms with van der Waals surface area (Å²) in [5.41, 5.74) is 7.78. The van der Waals surface area contributed by atoms with Gasteiger partial charge in [-0.2, -0.15) is 0 Å². The topological polar surface area (TPSA) is 71.6 Å². The fourth-order valence-corrected chi connectivity index (χ4v) is 2.72. The Kier molecular flexibility index (Phi) is 7.06. The summed E-state index contributed by atoms with van der Waals surface area (Å²) in [6, 6.07) is 10.7. The number of ether oxygens (including phenoxy) is 2. The molecule has 6 nitrogen and oxygen atoms in total. The predicted molar refractivity (Wildman–Crippen MR) is 107 cm³/mol. The second-order valence-electron chi connectivity index (χ2n) is 5.53. The molecule has 0 atom stereocenters. The van der Waals surface area contributed by atoms with Crippen molar-refractivity contribution in [3.8, 4) is 11.5 Å². The molecule has 2 aromatic carbocycles. The van der Waals surface area contributed by atoms with Gasteiger partial charge < -0.3 is 14.8 Å². The van der Waals surface area contributed by atoms with E-state index in [1.54, 1.807) is 31.4 Å². The molecule has 3 N–H and O–H groups in total. The van der Waals surface area contributed by atoms with Crippen molar-refractivity contribution in [3.05, 3.63) is 52.5 Å². The van der Waals surface area contributed by atoms with Crippen LogP contribution in [-0.4, -0.2) is 24.7 Å². The summed E-state index contributed by atoms with van der Waals surface area (Å²) >= 11 is 11.4. The average Bonchev–Trinajstić information content (AvgIpc) is 2.61. The summed E-state index contributed by atoms with van der Waals surface area (Å²) in [5, 5.41) is 3.74. The van der Waals surface area contributed by atoms with Crippen molar-refractivity contribution in [1.29, 1.82) is 0 Å². The molecule has 0 heterocycles. The lowest BCUT2D eigenvalue weighted by atomic mass is 10.1. The highest BCUT2D eigenvalue weighted by Gasteiger charge is 2.08. The smallest absolute Gasteiger partial charge is 0.276 e. The number of hydrogen-bond acceptors (Lipinski definition) is 4. The zero-order valence-corrected chi connectivity index (χ0v) is 16.3. The minimum atomic E-state index is -0.378. The number of benzene rings is 2. The van der Waals surface area contributed by atoms with E-state index < -0.39 is 0 Å². The Morgan fingerprint density at radius 2 is 1.77 bits per heavy atom. The maximum absolute atomic E-state index is 11.8. The number of aryl methyl sites for hydroxylation is 2. The third-order valence-corrected chi connectivity index (χ3v) is 3.92. The Labute approximate surface area is 162 Å². The van der Waals surface area contributed by atoms with Crippen LogP contribution in [0.5, 0.6) is 11.5 Å². The summed E-state index contributed by atoms with van der Waals surface area (Å²) in [7, 11) is 1.58. The molecule has 8 heteroatoms. The Balaban J connectivity index is 1.78. The fourth-order valence-electron chi connectivity index (χ4n) is 2.20. The normalized spacial score (nSPS) is 10.0. The van der Waals surface area contributed by atoms with Crippen LogP contribution in [0.15, 0.2) is 36.4 Å². The zero-order valence-electron chi connectivity index (χ0n) is 14.7.